The number of sulfonamides is 1. The van der Waals surface area contributed by atoms with Gasteiger partial charge >= 0.3 is 0 Å². The molecule has 0 aromatic heterocycles. The van der Waals surface area contributed by atoms with Gasteiger partial charge in [0.25, 0.3) is 0 Å². The Morgan fingerprint density at radius 2 is 1.87 bits per heavy atom. The zero-order chi connectivity index (χ0) is 22.4. The molecule has 0 unspecified atom stereocenters. The first-order valence-electron chi connectivity index (χ1n) is 9.82. The van der Waals surface area contributed by atoms with Crippen molar-refractivity contribution in [1.29, 1.82) is 0 Å². The van der Waals surface area contributed by atoms with E-state index in [0.29, 0.717) is 36.9 Å². The van der Waals surface area contributed by atoms with Crippen molar-refractivity contribution in [3.8, 4) is 0 Å². The summed E-state index contributed by atoms with van der Waals surface area (Å²) in [7, 11) is -1.84. The first-order valence-corrected chi connectivity index (χ1v) is 11.6. The minimum atomic E-state index is -3.54. The van der Waals surface area contributed by atoms with Crippen LogP contribution in [0.15, 0.2) is 47.4 Å². The molecule has 2 aromatic rings. The van der Waals surface area contributed by atoms with E-state index in [9.17, 15) is 17.6 Å². The standard InChI is InChI=1S/C21H25ClFN3O4S/c1-25(14-18-19(22)3-2-4-20(18)23)15-21(27)24-13-16-5-7-17(8-6-16)31(28,29)26-9-11-30-12-10-26/h2-8H,9-15H2,1H3,(H,24,27). The van der Waals surface area contributed by atoms with Crippen molar-refractivity contribution in [3.63, 3.8) is 0 Å². The number of likely N-dealkylation sites (N-methyl/N-ethyl adjacent to an activating group) is 1. The van der Waals surface area contributed by atoms with Gasteiger partial charge in [0.15, 0.2) is 0 Å². The Bertz CT molecular complexity index is 992. The maximum absolute atomic E-state index is 13.9. The maximum Gasteiger partial charge on any atom is 0.243 e. The molecule has 1 aliphatic heterocycles. The number of carbonyl (C=O) groups excluding carboxylic acids is 1. The van der Waals surface area contributed by atoms with E-state index in [1.54, 1.807) is 42.3 Å². The second-order valence-corrected chi connectivity index (χ2v) is 9.65. The summed E-state index contributed by atoms with van der Waals surface area (Å²) >= 11 is 6.03. The highest BCUT2D eigenvalue weighted by Gasteiger charge is 2.26. The fourth-order valence-corrected chi connectivity index (χ4v) is 4.86. The number of nitrogens with one attached hydrogen (secondary N) is 1. The summed E-state index contributed by atoms with van der Waals surface area (Å²) in [5, 5.41) is 3.10. The molecule has 1 amide bonds. The number of halogens is 2. The SMILES string of the molecule is CN(CC(=O)NCc1ccc(S(=O)(=O)N2CCOCC2)cc1)Cc1c(F)cccc1Cl. The molecule has 10 heteroatoms. The number of hydrogen-bond donors (Lipinski definition) is 1. The van der Waals surface area contributed by atoms with Crippen LogP contribution in [-0.4, -0.2) is 63.4 Å². The number of hydrogen-bond acceptors (Lipinski definition) is 5. The van der Waals surface area contributed by atoms with Crippen molar-refractivity contribution in [1.82, 2.24) is 14.5 Å². The lowest BCUT2D eigenvalue weighted by Gasteiger charge is -2.26. The lowest BCUT2D eigenvalue weighted by molar-refractivity contribution is -0.122. The summed E-state index contributed by atoms with van der Waals surface area (Å²) in [6.07, 6.45) is 0. The number of carbonyl (C=O) groups is 1. The van der Waals surface area contributed by atoms with Gasteiger partial charge in [0.1, 0.15) is 5.82 Å². The van der Waals surface area contributed by atoms with Crippen LogP contribution in [0.3, 0.4) is 0 Å². The highest BCUT2D eigenvalue weighted by atomic mass is 35.5. The molecular formula is C21H25ClFN3O4S. The highest BCUT2D eigenvalue weighted by Crippen LogP contribution is 2.20. The zero-order valence-corrected chi connectivity index (χ0v) is 18.8. The quantitative estimate of drug-likeness (QED) is 0.641. The van der Waals surface area contributed by atoms with Crippen LogP contribution in [0.5, 0.6) is 0 Å². The van der Waals surface area contributed by atoms with E-state index in [0.717, 1.165) is 5.56 Å². The van der Waals surface area contributed by atoms with Crippen molar-refractivity contribution in [2.45, 2.75) is 18.0 Å². The van der Waals surface area contributed by atoms with Crippen molar-refractivity contribution < 1.29 is 22.3 Å². The molecule has 0 saturated carbocycles. The molecule has 1 heterocycles. The normalized spacial score (nSPS) is 15.2. The van der Waals surface area contributed by atoms with Gasteiger partial charge in [-0.05, 0) is 36.9 Å². The molecule has 0 aliphatic carbocycles. The summed E-state index contributed by atoms with van der Waals surface area (Å²) < 4.78 is 45.8. The fourth-order valence-electron chi connectivity index (χ4n) is 3.23. The van der Waals surface area contributed by atoms with Gasteiger partial charge in [0.05, 0.1) is 24.7 Å². The molecule has 7 nitrogen and oxygen atoms in total. The number of nitrogens with zero attached hydrogens (tertiary/aromatic N) is 2. The minimum absolute atomic E-state index is 0.0636. The number of benzene rings is 2. The van der Waals surface area contributed by atoms with Crippen LogP contribution in [-0.2, 0) is 32.6 Å². The average Bonchev–Trinajstić information content (AvgIpc) is 2.76. The second kappa shape index (κ2) is 10.5. The zero-order valence-electron chi connectivity index (χ0n) is 17.2. The number of rotatable bonds is 8. The number of morpholine rings is 1. The maximum atomic E-state index is 13.9. The monoisotopic (exact) mass is 469 g/mol. The van der Waals surface area contributed by atoms with Crippen molar-refractivity contribution in [2.24, 2.45) is 0 Å². The summed E-state index contributed by atoms with van der Waals surface area (Å²) in [5.74, 6) is -0.646. The Labute approximate surface area is 186 Å². The van der Waals surface area contributed by atoms with Gasteiger partial charge in [0, 0.05) is 36.8 Å². The van der Waals surface area contributed by atoms with Crippen LogP contribution < -0.4 is 5.32 Å². The molecule has 31 heavy (non-hydrogen) atoms. The summed E-state index contributed by atoms with van der Waals surface area (Å²) in [6, 6.07) is 10.9. The van der Waals surface area contributed by atoms with Crippen molar-refractivity contribution in [2.75, 3.05) is 39.9 Å². The van der Waals surface area contributed by atoms with Crippen LogP contribution in [0, 0.1) is 5.82 Å². The van der Waals surface area contributed by atoms with Crippen LogP contribution in [0.2, 0.25) is 5.02 Å². The van der Waals surface area contributed by atoms with Crippen molar-refractivity contribution in [3.05, 3.63) is 64.4 Å². The van der Waals surface area contributed by atoms with E-state index in [-0.39, 0.29) is 30.4 Å². The lowest BCUT2D eigenvalue weighted by atomic mass is 10.2. The predicted octanol–water partition coefficient (Wildman–Crippen LogP) is 2.25. The summed E-state index contributed by atoms with van der Waals surface area (Å²) in [4.78, 5) is 14.1. The van der Waals surface area contributed by atoms with Crippen molar-refractivity contribution >= 4 is 27.5 Å². The summed E-state index contributed by atoms with van der Waals surface area (Å²) in [5.41, 5.74) is 1.12. The smallest absolute Gasteiger partial charge is 0.243 e. The van der Waals surface area contributed by atoms with Crippen LogP contribution in [0.1, 0.15) is 11.1 Å². The molecule has 3 rings (SSSR count). The molecule has 1 aliphatic rings. The molecule has 1 N–H and O–H groups in total. The van der Waals surface area contributed by atoms with Crippen LogP contribution in [0.25, 0.3) is 0 Å². The van der Waals surface area contributed by atoms with E-state index >= 15 is 0 Å². The van der Waals surface area contributed by atoms with E-state index in [1.807, 2.05) is 0 Å². The van der Waals surface area contributed by atoms with E-state index in [1.165, 1.54) is 16.4 Å². The van der Waals surface area contributed by atoms with Gasteiger partial charge in [0.2, 0.25) is 15.9 Å². The Hall–Kier alpha value is -2.04. The molecular weight excluding hydrogens is 445 g/mol. The molecule has 0 bridgehead atoms. The number of ether oxygens (including phenoxy) is 1. The van der Waals surface area contributed by atoms with Gasteiger partial charge in [-0.1, -0.05) is 29.8 Å². The Morgan fingerprint density at radius 1 is 1.19 bits per heavy atom. The third kappa shape index (κ3) is 6.24. The van der Waals surface area contributed by atoms with Gasteiger partial charge in [-0.25, -0.2) is 12.8 Å². The third-order valence-electron chi connectivity index (χ3n) is 4.92. The number of amides is 1. The van der Waals surface area contributed by atoms with Gasteiger partial charge in [-0.15, -0.1) is 0 Å². The van der Waals surface area contributed by atoms with Gasteiger partial charge in [-0.2, -0.15) is 4.31 Å². The topological polar surface area (TPSA) is 79.0 Å². The molecule has 0 radical (unpaired) electrons. The first kappa shape index (κ1) is 23.6. The van der Waals surface area contributed by atoms with Gasteiger partial charge < -0.3 is 10.1 Å². The Morgan fingerprint density at radius 3 is 2.52 bits per heavy atom. The third-order valence-corrected chi connectivity index (χ3v) is 7.19. The van der Waals surface area contributed by atoms with E-state index < -0.39 is 15.8 Å². The fraction of sp³-hybridized carbons (Fsp3) is 0.381. The van der Waals surface area contributed by atoms with Crippen LogP contribution in [0.4, 0.5) is 4.39 Å². The molecule has 0 atom stereocenters. The molecule has 0 spiro atoms. The van der Waals surface area contributed by atoms with Gasteiger partial charge in [-0.3, -0.25) is 9.69 Å². The van der Waals surface area contributed by atoms with E-state index in [2.05, 4.69) is 5.32 Å². The minimum Gasteiger partial charge on any atom is -0.379 e. The lowest BCUT2D eigenvalue weighted by Crippen LogP contribution is -2.40. The molecule has 168 valence electrons. The molecule has 1 saturated heterocycles. The molecule has 2 aromatic carbocycles. The average molecular weight is 470 g/mol. The largest absolute Gasteiger partial charge is 0.379 e. The van der Waals surface area contributed by atoms with Crippen LogP contribution >= 0.6 is 11.6 Å². The summed E-state index contributed by atoms with van der Waals surface area (Å²) in [6.45, 7) is 1.98. The highest BCUT2D eigenvalue weighted by molar-refractivity contribution is 7.89. The van der Waals surface area contributed by atoms with E-state index in [4.69, 9.17) is 16.3 Å². The Kier molecular flexibility index (Phi) is 8.01. The Balaban J connectivity index is 1.51. The second-order valence-electron chi connectivity index (χ2n) is 7.31. The first-order chi connectivity index (χ1) is 14.8. The predicted molar refractivity (Wildman–Crippen MR) is 116 cm³/mol. The molecule has 1 fully saturated rings.